The number of aromatic hydroxyl groups is 2. The summed E-state index contributed by atoms with van der Waals surface area (Å²) >= 11 is 0. The molecule has 0 aromatic heterocycles. The van der Waals surface area contributed by atoms with E-state index >= 15 is 0 Å². The number of rotatable bonds is 6. The number of phenols is 2. The molecule has 0 aliphatic carbocycles. The Morgan fingerprint density at radius 3 is 2.38 bits per heavy atom. The third-order valence-corrected chi connectivity index (χ3v) is 4.03. The fourth-order valence-electron chi connectivity index (χ4n) is 2.72. The monoisotopic (exact) mass is 372 g/mol. The largest absolute Gasteiger partial charge is 0.508 e. The quantitative estimate of drug-likeness (QED) is 0.362. The van der Waals surface area contributed by atoms with Crippen molar-refractivity contribution in [3.8, 4) is 17.2 Å². The predicted octanol–water partition coefficient (Wildman–Crippen LogP) is -0.495. The van der Waals surface area contributed by atoms with Gasteiger partial charge < -0.3 is 40.1 Å². The van der Waals surface area contributed by atoms with Crippen molar-refractivity contribution in [1.82, 2.24) is 0 Å². The molecule has 6 N–H and O–H groups in total. The van der Waals surface area contributed by atoms with Gasteiger partial charge >= 0.3 is 0 Å². The third-order valence-electron chi connectivity index (χ3n) is 4.03. The summed E-state index contributed by atoms with van der Waals surface area (Å²) in [5.74, 6) is -1.59. The van der Waals surface area contributed by atoms with Gasteiger partial charge in [-0.3, -0.25) is 4.79 Å². The van der Waals surface area contributed by atoms with E-state index in [1.807, 2.05) is 13.8 Å². The van der Waals surface area contributed by atoms with Gasteiger partial charge in [0.25, 0.3) is 0 Å². The Kier molecular flexibility index (Phi) is 6.43. The molecular weight excluding hydrogens is 348 g/mol. The lowest BCUT2D eigenvalue weighted by atomic mass is 9.98. The lowest BCUT2D eigenvalue weighted by Gasteiger charge is -2.39. The van der Waals surface area contributed by atoms with Crippen LogP contribution in [0.2, 0.25) is 0 Å². The van der Waals surface area contributed by atoms with Gasteiger partial charge in [-0.2, -0.15) is 0 Å². The third kappa shape index (κ3) is 4.25. The minimum atomic E-state index is -1.69. The summed E-state index contributed by atoms with van der Waals surface area (Å²) in [6.07, 6.45) is -7.55. The van der Waals surface area contributed by atoms with E-state index in [4.69, 9.17) is 9.47 Å². The minimum absolute atomic E-state index is 0.00388. The predicted molar refractivity (Wildman–Crippen MR) is 88.0 cm³/mol. The molecule has 0 amide bonds. The number of phenolic OH excluding ortho intramolecular Hbond substituents is 2. The zero-order valence-electron chi connectivity index (χ0n) is 14.4. The first-order chi connectivity index (χ1) is 12.1. The SMILES string of the molecule is CC(C)CC(=O)c1c(O)cc(O)cc1O[C@H]1O[C@@H](CO)[C@H](O)[C@@H](O)[C@@H]1O. The van der Waals surface area contributed by atoms with Crippen LogP contribution in [0, 0.1) is 5.92 Å². The van der Waals surface area contributed by atoms with Crippen LogP contribution in [0.4, 0.5) is 0 Å². The fraction of sp³-hybridized carbons (Fsp3) is 0.588. The highest BCUT2D eigenvalue weighted by Gasteiger charge is 2.45. The maximum atomic E-state index is 12.4. The first kappa shape index (κ1) is 20.4. The van der Waals surface area contributed by atoms with E-state index in [2.05, 4.69) is 0 Å². The number of carbonyl (C=O) groups excluding carboxylic acids is 1. The van der Waals surface area contributed by atoms with Crippen molar-refractivity contribution < 1.29 is 44.9 Å². The number of ketones is 1. The highest BCUT2D eigenvalue weighted by Crippen LogP contribution is 2.36. The molecule has 2 rings (SSSR count). The van der Waals surface area contributed by atoms with E-state index in [1.54, 1.807) is 0 Å². The Labute approximate surface area is 150 Å². The highest BCUT2D eigenvalue weighted by molar-refractivity contribution is 6.01. The summed E-state index contributed by atoms with van der Waals surface area (Å²) in [4.78, 5) is 12.4. The van der Waals surface area contributed by atoms with Crippen molar-refractivity contribution >= 4 is 5.78 Å². The summed E-state index contributed by atoms with van der Waals surface area (Å²) in [6, 6.07) is 2.04. The number of hydrogen-bond acceptors (Lipinski definition) is 9. The smallest absolute Gasteiger partial charge is 0.229 e. The number of ether oxygens (including phenoxy) is 2. The van der Waals surface area contributed by atoms with Crippen molar-refractivity contribution in [2.45, 2.75) is 51.0 Å². The van der Waals surface area contributed by atoms with Crippen LogP contribution in [0.15, 0.2) is 12.1 Å². The average molecular weight is 372 g/mol. The molecule has 9 nitrogen and oxygen atoms in total. The Bertz CT molecular complexity index is 643. The summed E-state index contributed by atoms with van der Waals surface area (Å²) in [6.45, 7) is 2.98. The molecule has 1 aliphatic rings. The van der Waals surface area contributed by atoms with Gasteiger partial charge in [0.15, 0.2) is 5.78 Å². The fourth-order valence-corrected chi connectivity index (χ4v) is 2.72. The molecule has 0 spiro atoms. The molecule has 1 aliphatic heterocycles. The van der Waals surface area contributed by atoms with Gasteiger partial charge in [-0.1, -0.05) is 13.8 Å². The first-order valence-electron chi connectivity index (χ1n) is 8.22. The van der Waals surface area contributed by atoms with Gasteiger partial charge in [0.2, 0.25) is 6.29 Å². The van der Waals surface area contributed by atoms with E-state index in [0.29, 0.717) is 0 Å². The number of hydrogen-bond donors (Lipinski definition) is 6. The van der Waals surface area contributed by atoms with Crippen LogP contribution in [0.5, 0.6) is 17.2 Å². The molecule has 0 bridgehead atoms. The molecule has 26 heavy (non-hydrogen) atoms. The van der Waals surface area contributed by atoms with Crippen LogP contribution in [0.1, 0.15) is 30.6 Å². The number of benzene rings is 1. The van der Waals surface area contributed by atoms with Crippen LogP contribution in [0.3, 0.4) is 0 Å². The van der Waals surface area contributed by atoms with Crippen LogP contribution >= 0.6 is 0 Å². The van der Waals surface area contributed by atoms with Gasteiger partial charge in [0, 0.05) is 18.6 Å². The van der Waals surface area contributed by atoms with E-state index < -0.39 is 48.8 Å². The van der Waals surface area contributed by atoms with Gasteiger partial charge in [0.05, 0.1) is 6.61 Å². The molecule has 0 unspecified atom stereocenters. The molecule has 1 aromatic rings. The Balaban J connectivity index is 2.34. The molecule has 5 atom stereocenters. The highest BCUT2D eigenvalue weighted by atomic mass is 16.7. The standard InChI is InChI=1S/C17H24O9/c1-7(2)3-9(20)13-10(21)4-8(19)5-11(13)25-17-16(24)15(23)14(22)12(6-18)26-17/h4-5,7,12,14-19,21-24H,3,6H2,1-2H3/t12-,14-,15+,16-,17-/m0/s1. The second kappa shape index (κ2) is 8.19. The van der Waals surface area contributed by atoms with Crippen molar-refractivity contribution in [2.75, 3.05) is 6.61 Å². The van der Waals surface area contributed by atoms with Gasteiger partial charge in [-0.25, -0.2) is 0 Å². The van der Waals surface area contributed by atoms with Crippen molar-refractivity contribution in [2.24, 2.45) is 5.92 Å². The van der Waals surface area contributed by atoms with Crippen LogP contribution < -0.4 is 4.74 Å². The molecule has 1 saturated heterocycles. The minimum Gasteiger partial charge on any atom is -0.508 e. The van der Waals surface area contributed by atoms with Crippen molar-refractivity contribution in [1.29, 1.82) is 0 Å². The first-order valence-corrected chi connectivity index (χ1v) is 8.22. The van der Waals surface area contributed by atoms with Crippen LogP contribution in [0.25, 0.3) is 0 Å². The van der Waals surface area contributed by atoms with Gasteiger partial charge in [0.1, 0.15) is 47.2 Å². The average Bonchev–Trinajstić information content (AvgIpc) is 2.54. The lowest BCUT2D eigenvalue weighted by molar-refractivity contribution is -0.277. The number of aliphatic hydroxyl groups excluding tert-OH is 4. The molecule has 1 aromatic carbocycles. The summed E-state index contributed by atoms with van der Waals surface area (Å²) in [5, 5.41) is 58.6. The molecule has 0 radical (unpaired) electrons. The molecule has 0 saturated carbocycles. The van der Waals surface area contributed by atoms with E-state index in [9.17, 15) is 35.4 Å². The molecule has 1 fully saturated rings. The topological polar surface area (TPSA) is 157 Å². The Hall–Kier alpha value is -1.91. The molecule has 146 valence electrons. The maximum absolute atomic E-state index is 12.4. The summed E-state index contributed by atoms with van der Waals surface area (Å²) < 4.78 is 10.6. The van der Waals surface area contributed by atoms with Gasteiger partial charge in [-0.05, 0) is 5.92 Å². The molecular formula is C17H24O9. The lowest BCUT2D eigenvalue weighted by Crippen LogP contribution is -2.60. The maximum Gasteiger partial charge on any atom is 0.229 e. The van der Waals surface area contributed by atoms with E-state index in [0.717, 1.165) is 12.1 Å². The summed E-state index contributed by atoms with van der Waals surface area (Å²) in [7, 11) is 0. The van der Waals surface area contributed by atoms with Crippen molar-refractivity contribution in [3.05, 3.63) is 17.7 Å². The number of aliphatic hydroxyl groups is 4. The Morgan fingerprint density at radius 1 is 1.15 bits per heavy atom. The van der Waals surface area contributed by atoms with Gasteiger partial charge in [-0.15, -0.1) is 0 Å². The second-order valence-corrected chi connectivity index (χ2v) is 6.67. The van der Waals surface area contributed by atoms with E-state index in [1.165, 1.54) is 0 Å². The van der Waals surface area contributed by atoms with Crippen LogP contribution in [-0.2, 0) is 4.74 Å². The molecule has 1 heterocycles. The number of Topliss-reactive ketones (excluding diaryl/α,β-unsaturated/α-hetero) is 1. The van der Waals surface area contributed by atoms with E-state index in [-0.39, 0.29) is 29.4 Å². The van der Waals surface area contributed by atoms with Crippen LogP contribution in [-0.4, -0.2) is 73.7 Å². The number of carbonyl (C=O) groups is 1. The Morgan fingerprint density at radius 2 is 1.81 bits per heavy atom. The molecule has 9 heteroatoms. The summed E-state index contributed by atoms with van der Waals surface area (Å²) in [5.41, 5.74) is -0.200. The zero-order chi connectivity index (χ0) is 19.6. The van der Waals surface area contributed by atoms with Crippen molar-refractivity contribution in [3.63, 3.8) is 0 Å². The normalized spacial score (nSPS) is 29.0. The second-order valence-electron chi connectivity index (χ2n) is 6.67. The zero-order valence-corrected chi connectivity index (χ0v) is 14.4.